The largest absolute Gasteiger partial charge is 0.383 e. The number of nitrogens with two attached hydrogens (primary N) is 1. The molecule has 1 fully saturated rings. The third-order valence-corrected chi connectivity index (χ3v) is 4.99. The van der Waals surface area contributed by atoms with E-state index >= 15 is 0 Å². The van der Waals surface area contributed by atoms with Crippen LogP contribution >= 0.6 is 0 Å². The molecule has 6 nitrogen and oxygen atoms in total. The molecule has 0 aliphatic heterocycles. The van der Waals surface area contributed by atoms with Gasteiger partial charge in [-0.3, -0.25) is 9.78 Å². The number of nitrogen functional groups attached to an aromatic ring is 1. The average Bonchev–Trinajstić information content (AvgIpc) is 2.98. The molecule has 0 unspecified atom stereocenters. The van der Waals surface area contributed by atoms with Crippen LogP contribution < -0.4 is 5.73 Å². The third kappa shape index (κ3) is 2.06. The minimum Gasteiger partial charge on any atom is -0.383 e. The Labute approximate surface area is 138 Å². The fourth-order valence-electron chi connectivity index (χ4n) is 3.25. The van der Waals surface area contributed by atoms with E-state index in [1.165, 1.54) is 12.8 Å². The summed E-state index contributed by atoms with van der Waals surface area (Å²) >= 11 is 0. The van der Waals surface area contributed by atoms with Gasteiger partial charge in [0.25, 0.3) is 0 Å². The smallest absolute Gasteiger partial charge is 0.135 e. The zero-order chi connectivity index (χ0) is 16.3. The van der Waals surface area contributed by atoms with Crippen LogP contribution in [-0.2, 0) is 6.54 Å². The fraction of sp³-hybridized carbons (Fsp3) is 0.278. The molecule has 0 radical (unpaired) electrons. The predicted octanol–water partition coefficient (Wildman–Crippen LogP) is 3.36. The Hall–Kier alpha value is -2.89. The molecule has 6 heteroatoms. The lowest BCUT2D eigenvalue weighted by atomic mass is 10.1. The van der Waals surface area contributed by atoms with Crippen LogP contribution in [0, 0.1) is 5.41 Å². The van der Waals surface area contributed by atoms with Crippen molar-refractivity contribution in [2.75, 3.05) is 5.73 Å². The van der Waals surface area contributed by atoms with Gasteiger partial charge in [-0.1, -0.05) is 13.0 Å². The van der Waals surface area contributed by atoms with Gasteiger partial charge in [0.15, 0.2) is 0 Å². The van der Waals surface area contributed by atoms with Crippen LogP contribution in [0.4, 0.5) is 5.82 Å². The predicted molar refractivity (Wildman–Crippen MR) is 94.4 cm³/mol. The van der Waals surface area contributed by atoms with Crippen molar-refractivity contribution in [2.24, 2.45) is 5.41 Å². The van der Waals surface area contributed by atoms with Gasteiger partial charge in [-0.25, -0.2) is 4.98 Å². The van der Waals surface area contributed by atoms with E-state index in [9.17, 15) is 0 Å². The van der Waals surface area contributed by atoms with Crippen molar-refractivity contribution in [2.45, 2.75) is 26.3 Å². The molecule has 3 aromatic heterocycles. The lowest BCUT2D eigenvalue weighted by molar-refractivity contribution is 0.435. The molecule has 1 saturated carbocycles. The normalized spacial score (nSPS) is 16.0. The first-order valence-corrected chi connectivity index (χ1v) is 8.18. The Morgan fingerprint density at radius 2 is 2.12 bits per heavy atom. The molecule has 24 heavy (non-hydrogen) atoms. The number of fused-ring (bicyclic) bond motifs is 3. The van der Waals surface area contributed by atoms with Gasteiger partial charge in [0, 0.05) is 29.9 Å². The zero-order valence-electron chi connectivity index (χ0n) is 13.5. The number of pyridine rings is 1. The lowest BCUT2D eigenvalue weighted by Crippen LogP contribution is -2.07. The molecule has 3 N–H and O–H groups in total. The van der Waals surface area contributed by atoms with Crippen molar-refractivity contribution in [3.05, 3.63) is 36.7 Å². The standard InChI is InChI=1S/C18H18N6/c1-18(5-6-18)10-24-9-13-16(23-24)12-3-2-11(14-4-7-20-22-14)8-15(12)21-17(13)19/h2-4,7-9H,5-6,10H2,1H3,(H2,19,21)(H,20,22). The third-order valence-electron chi connectivity index (χ3n) is 4.99. The maximum atomic E-state index is 6.20. The van der Waals surface area contributed by atoms with Gasteiger partial charge in [0.1, 0.15) is 11.3 Å². The monoisotopic (exact) mass is 318 g/mol. The van der Waals surface area contributed by atoms with E-state index < -0.39 is 0 Å². The molecular formula is C18H18N6. The summed E-state index contributed by atoms with van der Waals surface area (Å²) in [7, 11) is 0. The van der Waals surface area contributed by atoms with Crippen LogP contribution in [0.2, 0.25) is 0 Å². The van der Waals surface area contributed by atoms with Crippen molar-refractivity contribution in [1.29, 1.82) is 0 Å². The molecule has 0 bridgehead atoms. The number of nitrogens with one attached hydrogen (secondary N) is 1. The Bertz CT molecular complexity index is 1060. The summed E-state index contributed by atoms with van der Waals surface area (Å²) in [5.41, 5.74) is 10.4. The fourth-order valence-corrected chi connectivity index (χ4v) is 3.25. The molecule has 0 amide bonds. The summed E-state index contributed by atoms with van der Waals surface area (Å²) in [5.74, 6) is 0.534. The maximum Gasteiger partial charge on any atom is 0.135 e. The van der Waals surface area contributed by atoms with Crippen LogP contribution in [0.3, 0.4) is 0 Å². The highest BCUT2D eigenvalue weighted by atomic mass is 15.3. The summed E-state index contributed by atoms with van der Waals surface area (Å²) in [5, 5.41) is 13.7. The van der Waals surface area contributed by atoms with E-state index in [1.54, 1.807) is 6.20 Å². The molecular weight excluding hydrogens is 300 g/mol. The van der Waals surface area contributed by atoms with Crippen molar-refractivity contribution in [3.8, 4) is 11.3 Å². The van der Waals surface area contributed by atoms with E-state index in [0.717, 1.165) is 39.6 Å². The van der Waals surface area contributed by atoms with Crippen LogP contribution in [0.5, 0.6) is 0 Å². The molecule has 0 saturated heterocycles. The van der Waals surface area contributed by atoms with Crippen molar-refractivity contribution in [3.63, 3.8) is 0 Å². The van der Waals surface area contributed by atoms with Crippen LogP contribution in [-0.4, -0.2) is 25.0 Å². The molecule has 5 rings (SSSR count). The molecule has 4 aromatic rings. The van der Waals surface area contributed by atoms with E-state index in [0.29, 0.717) is 11.2 Å². The highest BCUT2D eigenvalue weighted by Crippen LogP contribution is 2.46. The number of aromatic nitrogens is 5. The summed E-state index contributed by atoms with van der Waals surface area (Å²) < 4.78 is 2.03. The molecule has 0 atom stereocenters. The van der Waals surface area contributed by atoms with Crippen molar-refractivity contribution >= 4 is 27.6 Å². The number of nitrogens with zero attached hydrogens (tertiary/aromatic N) is 4. The van der Waals surface area contributed by atoms with Gasteiger partial charge in [0.2, 0.25) is 0 Å². The minimum absolute atomic E-state index is 0.397. The topological polar surface area (TPSA) is 85.4 Å². The number of aromatic amines is 1. The lowest BCUT2D eigenvalue weighted by Gasteiger charge is -2.06. The number of anilines is 1. The van der Waals surface area contributed by atoms with Crippen molar-refractivity contribution in [1.82, 2.24) is 25.0 Å². The van der Waals surface area contributed by atoms with Crippen LogP contribution in [0.25, 0.3) is 33.1 Å². The number of rotatable bonds is 3. The SMILES string of the molecule is CC1(Cn2cc3c(N)nc4cc(-c5ccn[nH]5)ccc4c3n2)CC1. The highest BCUT2D eigenvalue weighted by Gasteiger charge is 2.37. The molecule has 1 aliphatic rings. The van der Waals surface area contributed by atoms with E-state index in [1.807, 2.05) is 23.0 Å². The zero-order valence-corrected chi connectivity index (χ0v) is 13.5. The first-order valence-electron chi connectivity index (χ1n) is 8.18. The van der Waals surface area contributed by atoms with Gasteiger partial charge < -0.3 is 5.73 Å². The molecule has 0 spiro atoms. The number of H-pyrrole nitrogens is 1. The summed E-state index contributed by atoms with van der Waals surface area (Å²) in [4.78, 5) is 4.59. The number of benzene rings is 1. The Morgan fingerprint density at radius 1 is 1.25 bits per heavy atom. The number of hydrogen-bond donors (Lipinski definition) is 2. The second-order valence-corrected chi connectivity index (χ2v) is 7.10. The summed E-state index contributed by atoms with van der Waals surface area (Å²) in [6, 6.07) is 8.10. The summed E-state index contributed by atoms with van der Waals surface area (Å²) in [6.45, 7) is 3.24. The molecule has 1 aromatic carbocycles. The van der Waals surface area contributed by atoms with Gasteiger partial charge in [-0.15, -0.1) is 0 Å². The second kappa shape index (κ2) is 4.56. The van der Waals surface area contributed by atoms with Gasteiger partial charge in [0.05, 0.1) is 16.6 Å². The first-order chi connectivity index (χ1) is 11.6. The van der Waals surface area contributed by atoms with Crippen LogP contribution in [0.1, 0.15) is 19.8 Å². The van der Waals surface area contributed by atoms with E-state index in [-0.39, 0.29) is 0 Å². The average molecular weight is 318 g/mol. The van der Waals surface area contributed by atoms with Gasteiger partial charge in [-0.05, 0) is 36.5 Å². The van der Waals surface area contributed by atoms with Gasteiger partial charge in [-0.2, -0.15) is 10.2 Å². The van der Waals surface area contributed by atoms with Crippen LogP contribution in [0.15, 0.2) is 36.7 Å². The Balaban J connectivity index is 1.68. The first kappa shape index (κ1) is 13.5. The molecule has 3 heterocycles. The maximum absolute atomic E-state index is 6.20. The molecule has 120 valence electrons. The van der Waals surface area contributed by atoms with Gasteiger partial charge >= 0.3 is 0 Å². The van der Waals surface area contributed by atoms with E-state index in [2.05, 4.69) is 34.2 Å². The molecule has 1 aliphatic carbocycles. The number of hydrogen-bond acceptors (Lipinski definition) is 4. The summed E-state index contributed by atoms with van der Waals surface area (Å²) in [6.07, 6.45) is 6.31. The second-order valence-electron chi connectivity index (χ2n) is 7.10. The minimum atomic E-state index is 0.397. The quantitative estimate of drug-likeness (QED) is 0.606. The van der Waals surface area contributed by atoms with E-state index in [4.69, 9.17) is 10.8 Å². The highest BCUT2D eigenvalue weighted by molar-refractivity contribution is 6.08. The Morgan fingerprint density at radius 3 is 2.88 bits per heavy atom. The Kier molecular flexibility index (Phi) is 2.58. The van der Waals surface area contributed by atoms with Crippen molar-refractivity contribution < 1.29 is 0 Å².